The van der Waals surface area contributed by atoms with Crippen LogP contribution in [0.25, 0.3) is 0 Å². The van der Waals surface area contributed by atoms with Crippen molar-refractivity contribution in [2.24, 2.45) is 0 Å². The number of pyridine rings is 1. The van der Waals surface area contributed by atoms with Crippen LogP contribution in [-0.2, 0) is 10.0 Å². The topological polar surface area (TPSA) is 74.8 Å². The van der Waals surface area contributed by atoms with Crippen LogP contribution in [0.3, 0.4) is 0 Å². The summed E-state index contributed by atoms with van der Waals surface area (Å²) in [5.74, 6) is 1.47. The van der Waals surface area contributed by atoms with Gasteiger partial charge in [-0.3, -0.25) is 0 Å². The standard InChI is InChI=1S/C21H30N4O3S/c1-24(2)20(17-8-7-9-18(14-17)28-3)16-23-21-11-10-19(15-22-21)29(26,27)25-12-5-4-6-13-25/h7-11,14-15,20H,4-6,12-13,16H2,1-3H3,(H,22,23). The van der Waals surface area contributed by atoms with Crippen molar-refractivity contribution in [2.45, 2.75) is 30.2 Å². The van der Waals surface area contributed by atoms with Gasteiger partial charge in [-0.05, 0) is 56.8 Å². The fraction of sp³-hybridized carbons (Fsp3) is 0.476. The molecular formula is C21H30N4O3S. The zero-order chi connectivity index (χ0) is 20.9. The highest BCUT2D eigenvalue weighted by Crippen LogP contribution is 2.24. The fourth-order valence-electron chi connectivity index (χ4n) is 3.54. The van der Waals surface area contributed by atoms with Crippen LogP contribution < -0.4 is 10.1 Å². The summed E-state index contributed by atoms with van der Waals surface area (Å²) in [6.45, 7) is 1.81. The molecule has 29 heavy (non-hydrogen) atoms. The lowest BCUT2D eigenvalue weighted by molar-refractivity contribution is 0.310. The summed E-state index contributed by atoms with van der Waals surface area (Å²) in [7, 11) is 2.25. The number of ether oxygens (including phenoxy) is 1. The summed E-state index contributed by atoms with van der Waals surface area (Å²) >= 11 is 0. The van der Waals surface area contributed by atoms with E-state index in [4.69, 9.17) is 4.74 Å². The molecule has 1 aliphatic heterocycles. The molecular weight excluding hydrogens is 388 g/mol. The van der Waals surface area contributed by atoms with E-state index in [1.807, 2.05) is 32.3 Å². The molecule has 1 unspecified atom stereocenters. The maximum Gasteiger partial charge on any atom is 0.244 e. The molecule has 7 nitrogen and oxygen atoms in total. The second kappa shape index (κ2) is 9.56. The summed E-state index contributed by atoms with van der Waals surface area (Å²) in [6.07, 6.45) is 4.38. The molecule has 0 radical (unpaired) electrons. The van der Waals surface area contributed by atoms with E-state index in [2.05, 4.69) is 21.3 Å². The Hall–Kier alpha value is -2.16. The van der Waals surface area contributed by atoms with E-state index in [9.17, 15) is 8.42 Å². The predicted octanol–water partition coefficient (Wildman–Crippen LogP) is 2.98. The third kappa shape index (κ3) is 5.26. The van der Waals surface area contributed by atoms with Gasteiger partial charge < -0.3 is 15.0 Å². The lowest BCUT2D eigenvalue weighted by Crippen LogP contribution is -2.35. The summed E-state index contributed by atoms with van der Waals surface area (Å²) in [4.78, 5) is 6.71. The minimum Gasteiger partial charge on any atom is -0.497 e. The third-order valence-electron chi connectivity index (χ3n) is 5.27. The number of anilines is 1. The summed E-state index contributed by atoms with van der Waals surface area (Å²) in [6, 6.07) is 11.5. The van der Waals surface area contributed by atoms with Crippen LogP contribution >= 0.6 is 0 Å². The molecule has 1 fully saturated rings. The molecule has 1 aromatic carbocycles. The number of likely N-dealkylation sites (N-methyl/N-ethyl adjacent to an activating group) is 1. The summed E-state index contributed by atoms with van der Waals surface area (Å²) < 4.78 is 32.4. The second-order valence-corrected chi connectivity index (χ2v) is 9.42. The number of rotatable bonds is 8. The quantitative estimate of drug-likeness (QED) is 0.710. The van der Waals surface area contributed by atoms with E-state index in [1.54, 1.807) is 23.5 Å². The van der Waals surface area contributed by atoms with Crippen molar-refractivity contribution in [1.82, 2.24) is 14.2 Å². The second-order valence-electron chi connectivity index (χ2n) is 7.48. The molecule has 0 aliphatic carbocycles. The van der Waals surface area contributed by atoms with Crippen molar-refractivity contribution in [3.8, 4) is 5.75 Å². The van der Waals surface area contributed by atoms with Gasteiger partial charge in [0.05, 0.1) is 13.2 Å². The van der Waals surface area contributed by atoms with Crippen molar-refractivity contribution in [1.29, 1.82) is 0 Å². The van der Waals surface area contributed by atoms with Crippen LogP contribution in [0.4, 0.5) is 5.82 Å². The van der Waals surface area contributed by atoms with Crippen LogP contribution in [0.2, 0.25) is 0 Å². The molecule has 3 rings (SSSR count). The number of hydrogen-bond acceptors (Lipinski definition) is 6. The molecule has 2 heterocycles. The molecule has 158 valence electrons. The minimum atomic E-state index is -3.45. The van der Waals surface area contributed by atoms with Crippen LogP contribution in [-0.4, -0.2) is 63.4 Å². The first-order valence-electron chi connectivity index (χ1n) is 9.92. The molecule has 0 amide bonds. The Kier molecular flexibility index (Phi) is 7.10. The van der Waals surface area contributed by atoms with Gasteiger partial charge in [0, 0.05) is 25.8 Å². The number of benzene rings is 1. The van der Waals surface area contributed by atoms with Gasteiger partial charge in [0.15, 0.2) is 0 Å². The van der Waals surface area contributed by atoms with E-state index in [-0.39, 0.29) is 10.9 Å². The number of nitrogens with one attached hydrogen (secondary N) is 1. The monoisotopic (exact) mass is 418 g/mol. The molecule has 1 N–H and O–H groups in total. The van der Waals surface area contributed by atoms with Gasteiger partial charge in [0.1, 0.15) is 16.5 Å². The van der Waals surface area contributed by atoms with E-state index < -0.39 is 10.0 Å². The van der Waals surface area contributed by atoms with E-state index in [0.29, 0.717) is 25.5 Å². The summed E-state index contributed by atoms with van der Waals surface area (Å²) in [5.41, 5.74) is 1.13. The van der Waals surface area contributed by atoms with Gasteiger partial charge in [-0.25, -0.2) is 13.4 Å². The maximum absolute atomic E-state index is 12.7. The first kappa shape index (κ1) is 21.5. The third-order valence-corrected chi connectivity index (χ3v) is 7.15. The van der Waals surface area contributed by atoms with Crippen LogP contribution in [0.1, 0.15) is 30.9 Å². The Balaban J connectivity index is 1.68. The Labute approximate surface area is 173 Å². The smallest absolute Gasteiger partial charge is 0.244 e. The van der Waals surface area contributed by atoms with Crippen molar-refractivity contribution in [3.63, 3.8) is 0 Å². The number of nitrogens with zero attached hydrogens (tertiary/aromatic N) is 3. The highest BCUT2D eigenvalue weighted by atomic mass is 32.2. The number of hydrogen-bond donors (Lipinski definition) is 1. The Morgan fingerprint density at radius 1 is 1.17 bits per heavy atom. The van der Waals surface area contributed by atoms with Gasteiger partial charge >= 0.3 is 0 Å². The molecule has 1 aromatic heterocycles. The number of aromatic nitrogens is 1. The molecule has 8 heteroatoms. The fourth-order valence-corrected chi connectivity index (χ4v) is 5.00. The maximum atomic E-state index is 12.7. The average Bonchev–Trinajstić information content (AvgIpc) is 2.75. The zero-order valence-electron chi connectivity index (χ0n) is 17.3. The molecule has 0 saturated carbocycles. The number of sulfonamides is 1. The molecule has 1 atom stereocenters. The van der Waals surface area contributed by atoms with E-state index in [0.717, 1.165) is 30.6 Å². The van der Waals surface area contributed by atoms with E-state index in [1.165, 1.54) is 6.20 Å². The summed E-state index contributed by atoms with van der Waals surface area (Å²) in [5, 5.41) is 3.32. The molecule has 0 bridgehead atoms. The van der Waals surface area contributed by atoms with Gasteiger partial charge in [-0.2, -0.15) is 4.31 Å². The molecule has 1 saturated heterocycles. The van der Waals surface area contributed by atoms with Crippen LogP contribution in [0.5, 0.6) is 5.75 Å². The van der Waals surface area contributed by atoms with Gasteiger partial charge in [-0.1, -0.05) is 18.6 Å². The van der Waals surface area contributed by atoms with Crippen LogP contribution in [0.15, 0.2) is 47.5 Å². The SMILES string of the molecule is COc1cccc(C(CNc2ccc(S(=O)(=O)N3CCCCC3)cn2)N(C)C)c1. The van der Waals surface area contributed by atoms with Gasteiger partial charge in [0.25, 0.3) is 0 Å². The lowest BCUT2D eigenvalue weighted by Gasteiger charge is -2.26. The highest BCUT2D eigenvalue weighted by Gasteiger charge is 2.26. The number of piperidine rings is 1. The van der Waals surface area contributed by atoms with Gasteiger partial charge in [-0.15, -0.1) is 0 Å². The lowest BCUT2D eigenvalue weighted by atomic mass is 10.1. The average molecular weight is 419 g/mol. The predicted molar refractivity (Wildman–Crippen MR) is 115 cm³/mol. The number of methoxy groups -OCH3 is 1. The van der Waals surface area contributed by atoms with Crippen molar-refractivity contribution in [3.05, 3.63) is 48.2 Å². The van der Waals surface area contributed by atoms with E-state index >= 15 is 0 Å². The minimum absolute atomic E-state index is 0.114. The Morgan fingerprint density at radius 3 is 2.55 bits per heavy atom. The van der Waals surface area contributed by atoms with Gasteiger partial charge in [0.2, 0.25) is 10.0 Å². The Bertz CT molecular complexity index is 894. The first-order chi connectivity index (χ1) is 13.9. The highest BCUT2D eigenvalue weighted by molar-refractivity contribution is 7.89. The van der Waals surface area contributed by atoms with Crippen LogP contribution in [0, 0.1) is 0 Å². The first-order valence-corrected chi connectivity index (χ1v) is 11.4. The molecule has 2 aromatic rings. The van der Waals surface area contributed by atoms with Crippen molar-refractivity contribution in [2.75, 3.05) is 46.2 Å². The van der Waals surface area contributed by atoms with Crippen molar-refractivity contribution < 1.29 is 13.2 Å². The molecule has 0 spiro atoms. The largest absolute Gasteiger partial charge is 0.497 e. The zero-order valence-corrected chi connectivity index (χ0v) is 18.2. The molecule has 1 aliphatic rings. The Morgan fingerprint density at radius 2 is 1.93 bits per heavy atom. The normalized spacial score (nSPS) is 16.6. The van der Waals surface area contributed by atoms with Crippen molar-refractivity contribution >= 4 is 15.8 Å².